The Balaban J connectivity index is 1.53. The van der Waals surface area contributed by atoms with Crippen molar-refractivity contribution in [2.45, 2.75) is 6.54 Å². The summed E-state index contributed by atoms with van der Waals surface area (Å²) in [5.74, 6) is -0.289. The van der Waals surface area contributed by atoms with E-state index in [9.17, 15) is 14.9 Å². The molecule has 0 aliphatic carbocycles. The van der Waals surface area contributed by atoms with E-state index in [0.717, 1.165) is 5.56 Å². The molecule has 0 unspecified atom stereocenters. The molecule has 0 aliphatic heterocycles. The predicted octanol–water partition coefficient (Wildman–Crippen LogP) is 4.58. The maximum absolute atomic E-state index is 12.3. The molecule has 2 N–H and O–H groups in total. The number of hydrogen-bond donors (Lipinski definition) is 2. The van der Waals surface area contributed by atoms with Gasteiger partial charge in [-0.15, -0.1) is 0 Å². The number of anilines is 1. The Bertz CT molecular complexity index is 1150. The lowest BCUT2D eigenvalue weighted by atomic mass is 10.1. The van der Waals surface area contributed by atoms with Gasteiger partial charge in [0.05, 0.1) is 0 Å². The average molecular weight is 446 g/mol. The Morgan fingerprint density at radius 3 is 2.44 bits per heavy atom. The van der Waals surface area contributed by atoms with Crippen LogP contribution in [0.4, 0.5) is 5.69 Å². The molecule has 3 aromatic carbocycles. The molecule has 3 aromatic rings. The molecule has 2 amide bonds. The fourth-order valence-electron chi connectivity index (χ4n) is 2.76. The van der Waals surface area contributed by atoms with E-state index >= 15 is 0 Å². The van der Waals surface area contributed by atoms with Crippen LogP contribution in [0.25, 0.3) is 6.08 Å². The highest BCUT2D eigenvalue weighted by atomic mass is 35.5. The zero-order valence-corrected chi connectivity index (χ0v) is 17.8. The van der Waals surface area contributed by atoms with E-state index in [0.29, 0.717) is 28.6 Å². The molecule has 0 saturated heterocycles. The maximum Gasteiger partial charge on any atom is 0.262 e. The summed E-state index contributed by atoms with van der Waals surface area (Å²) in [6.07, 6.45) is 1.50. The van der Waals surface area contributed by atoms with Gasteiger partial charge in [0, 0.05) is 17.3 Å². The molecule has 0 heterocycles. The van der Waals surface area contributed by atoms with Crippen LogP contribution in [0.15, 0.2) is 84.4 Å². The van der Waals surface area contributed by atoms with Gasteiger partial charge in [-0.1, -0.05) is 60.1 Å². The summed E-state index contributed by atoms with van der Waals surface area (Å²) in [7, 11) is 0. The van der Waals surface area contributed by atoms with Gasteiger partial charge in [-0.2, -0.15) is 5.26 Å². The number of halogens is 1. The third kappa shape index (κ3) is 7.01. The van der Waals surface area contributed by atoms with Gasteiger partial charge in [-0.05, 0) is 47.5 Å². The Hall–Kier alpha value is -4.08. The van der Waals surface area contributed by atoms with Gasteiger partial charge < -0.3 is 15.4 Å². The molecule has 6 nitrogen and oxygen atoms in total. The summed E-state index contributed by atoms with van der Waals surface area (Å²) in [6.45, 7) is 0.162. The minimum Gasteiger partial charge on any atom is -0.484 e. The van der Waals surface area contributed by atoms with Crippen molar-refractivity contribution in [3.05, 3.63) is 101 Å². The molecule has 0 aromatic heterocycles. The number of nitrogens with zero attached hydrogens (tertiary/aromatic N) is 1. The third-order valence-electron chi connectivity index (χ3n) is 4.33. The van der Waals surface area contributed by atoms with Gasteiger partial charge in [0.1, 0.15) is 17.4 Å². The largest absolute Gasteiger partial charge is 0.484 e. The lowest BCUT2D eigenvalue weighted by Crippen LogP contribution is -2.23. The first-order chi connectivity index (χ1) is 15.5. The van der Waals surface area contributed by atoms with Crippen LogP contribution in [0, 0.1) is 11.3 Å². The molecule has 3 rings (SSSR count). The molecular formula is C25H20ClN3O3. The SMILES string of the molecule is N#C/C(=C\c1ccc(OCC(=O)Nc2cccc(Cl)c2)cc1)C(=O)NCc1ccccc1. The Morgan fingerprint density at radius 2 is 1.75 bits per heavy atom. The smallest absolute Gasteiger partial charge is 0.262 e. The monoisotopic (exact) mass is 445 g/mol. The molecule has 0 fully saturated rings. The van der Waals surface area contributed by atoms with Gasteiger partial charge >= 0.3 is 0 Å². The first kappa shape index (κ1) is 22.6. The van der Waals surface area contributed by atoms with Gasteiger partial charge in [-0.3, -0.25) is 9.59 Å². The lowest BCUT2D eigenvalue weighted by molar-refractivity contribution is -0.118. The summed E-state index contributed by atoms with van der Waals surface area (Å²) in [4.78, 5) is 24.3. The molecule has 0 saturated carbocycles. The van der Waals surface area contributed by atoms with Crippen molar-refractivity contribution in [3.63, 3.8) is 0 Å². The number of amides is 2. The van der Waals surface area contributed by atoms with Crippen molar-refractivity contribution in [2.24, 2.45) is 0 Å². The first-order valence-corrected chi connectivity index (χ1v) is 10.1. The Kier molecular flexibility index (Phi) is 8.02. The van der Waals surface area contributed by atoms with E-state index in [1.807, 2.05) is 36.4 Å². The molecule has 32 heavy (non-hydrogen) atoms. The average Bonchev–Trinajstić information content (AvgIpc) is 2.81. The van der Waals surface area contributed by atoms with Crippen LogP contribution in [0.5, 0.6) is 5.75 Å². The van der Waals surface area contributed by atoms with Crippen molar-refractivity contribution in [3.8, 4) is 11.8 Å². The van der Waals surface area contributed by atoms with Crippen LogP contribution in [0.1, 0.15) is 11.1 Å². The van der Waals surface area contributed by atoms with Crippen LogP contribution in [0.3, 0.4) is 0 Å². The van der Waals surface area contributed by atoms with Crippen LogP contribution < -0.4 is 15.4 Å². The molecule has 0 spiro atoms. The number of nitriles is 1. The molecular weight excluding hydrogens is 426 g/mol. The standard InChI is InChI=1S/C25H20ClN3O3/c26-21-7-4-8-22(14-21)29-24(30)17-32-23-11-9-18(10-12-23)13-20(15-27)25(31)28-16-19-5-2-1-3-6-19/h1-14H,16-17H2,(H,28,31)(H,29,30)/b20-13+. The second-order valence-electron chi connectivity index (χ2n) is 6.75. The minimum atomic E-state index is -0.450. The predicted molar refractivity (Wildman–Crippen MR) is 124 cm³/mol. The molecule has 0 radical (unpaired) electrons. The summed E-state index contributed by atoms with van der Waals surface area (Å²) in [6, 6.07) is 24.9. The number of carbonyl (C=O) groups excluding carboxylic acids is 2. The zero-order chi connectivity index (χ0) is 22.8. The number of ether oxygens (including phenoxy) is 1. The van der Waals surface area contributed by atoms with Crippen molar-refractivity contribution in [1.82, 2.24) is 5.32 Å². The van der Waals surface area contributed by atoms with Crippen molar-refractivity contribution in [1.29, 1.82) is 5.26 Å². The highest BCUT2D eigenvalue weighted by Crippen LogP contribution is 2.16. The van der Waals surface area contributed by atoms with Gasteiger partial charge in [0.2, 0.25) is 0 Å². The fraction of sp³-hybridized carbons (Fsp3) is 0.0800. The van der Waals surface area contributed by atoms with Crippen LogP contribution in [-0.2, 0) is 16.1 Å². The highest BCUT2D eigenvalue weighted by Gasteiger charge is 2.09. The molecule has 7 heteroatoms. The van der Waals surface area contributed by atoms with Gasteiger partial charge in [0.25, 0.3) is 11.8 Å². The molecule has 0 bridgehead atoms. The fourth-order valence-corrected chi connectivity index (χ4v) is 2.95. The molecule has 0 aliphatic rings. The van der Waals surface area contributed by atoms with Crippen LogP contribution in [-0.4, -0.2) is 18.4 Å². The zero-order valence-electron chi connectivity index (χ0n) is 17.0. The molecule has 160 valence electrons. The summed E-state index contributed by atoms with van der Waals surface area (Å²) in [5.41, 5.74) is 2.18. The summed E-state index contributed by atoms with van der Waals surface area (Å²) < 4.78 is 5.48. The van der Waals surface area contributed by atoms with Crippen LogP contribution >= 0.6 is 11.6 Å². The van der Waals surface area contributed by atoms with Crippen LogP contribution in [0.2, 0.25) is 5.02 Å². The Labute approximate surface area is 191 Å². The quantitative estimate of drug-likeness (QED) is 0.392. The van der Waals surface area contributed by atoms with Crippen molar-refractivity contribution >= 4 is 35.2 Å². The normalized spacial score (nSPS) is 10.7. The summed E-state index contributed by atoms with van der Waals surface area (Å²) >= 11 is 5.90. The number of benzene rings is 3. The Morgan fingerprint density at radius 1 is 1.00 bits per heavy atom. The molecule has 0 atom stereocenters. The highest BCUT2D eigenvalue weighted by molar-refractivity contribution is 6.30. The second-order valence-corrected chi connectivity index (χ2v) is 7.19. The summed E-state index contributed by atoms with van der Waals surface area (Å²) in [5, 5.41) is 15.3. The van der Waals surface area contributed by atoms with Gasteiger partial charge in [0.15, 0.2) is 6.61 Å². The lowest BCUT2D eigenvalue weighted by Gasteiger charge is -2.08. The maximum atomic E-state index is 12.3. The van der Waals surface area contributed by atoms with E-state index in [-0.39, 0.29) is 18.1 Å². The topological polar surface area (TPSA) is 91.2 Å². The minimum absolute atomic E-state index is 0.00417. The van der Waals surface area contributed by atoms with Crippen molar-refractivity contribution < 1.29 is 14.3 Å². The van der Waals surface area contributed by atoms with Crippen molar-refractivity contribution in [2.75, 3.05) is 11.9 Å². The first-order valence-electron chi connectivity index (χ1n) is 9.76. The second kappa shape index (κ2) is 11.3. The van der Waals surface area contributed by atoms with E-state index in [4.69, 9.17) is 16.3 Å². The number of carbonyl (C=O) groups is 2. The number of nitrogens with one attached hydrogen (secondary N) is 2. The van der Waals surface area contributed by atoms with E-state index in [1.165, 1.54) is 6.08 Å². The number of rotatable bonds is 8. The van der Waals surface area contributed by atoms with E-state index in [2.05, 4.69) is 10.6 Å². The van der Waals surface area contributed by atoms with Gasteiger partial charge in [-0.25, -0.2) is 0 Å². The third-order valence-corrected chi connectivity index (χ3v) is 4.57. The van der Waals surface area contributed by atoms with E-state index in [1.54, 1.807) is 48.5 Å². The van der Waals surface area contributed by atoms with E-state index < -0.39 is 5.91 Å². The number of hydrogen-bond acceptors (Lipinski definition) is 4.